The Morgan fingerprint density at radius 1 is 1.19 bits per heavy atom. The van der Waals surface area contributed by atoms with E-state index in [9.17, 15) is 22.0 Å². The van der Waals surface area contributed by atoms with Crippen LogP contribution in [-0.2, 0) is 4.79 Å². The number of carbonyl (C=O) groups is 1. The molecule has 0 aliphatic rings. The molecule has 0 saturated heterocycles. The monoisotopic (exact) mass is 511 g/mol. The van der Waals surface area contributed by atoms with Crippen LogP contribution in [0.3, 0.4) is 0 Å². The van der Waals surface area contributed by atoms with Crippen molar-refractivity contribution in [2.45, 2.75) is 33.1 Å². The first-order valence-electron chi connectivity index (χ1n) is 3.07. The van der Waals surface area contributed by atoms with Crippen molar-refractivity contribution in [3.05, 3.63) is 0 Å². The van der Waals surface area contributed by atoms with Gasteiger partial charge in [0.15, 0.2) is 0 Å². The molecule has 2 nitrogen and oxygen atoms in total. The molecule has 0 spiro atoms. The predicted molar refractivity (Wildman–Crippen MR) is 43.7 cm³/mol. The number of aliphatic hydroxyl groups is 1. The summed E-state index contributed by atoms with van der Waals surface area (Å²) in [5, 5.41) is 7.65. The standard InChI is InChI=1S/C3H3F3O.C3H6F2O.CH4.FH.Rf/c1-3(5,6)2(4)7;1-3(4,5)2-6;;;/h1H3;6H,2H2,1H3;1H4;1H;. The van der Waals surface area contributed by atoms with Gasteiger partial charge < -0.3 is 5.11 Å². The maximum Gasteiger partial charge on any atom is 0.370 e. The van der Waals surface area contributed by atoms with Crippen LogP contribution in [0.1, 0.15) is 21.3 Å². The zero-order valence-electron chi connectivity index (χ0n) is 8.07. The number of rotatable bonds is 2. The molecule has 0 atom stereocenters. The SMILES string of the molecule is C.CC(F)(F)C(=O)F.CC(F)(F)CO.F.[Rf]. The van der Waals surface area contributed by atoms with E-state index in [2.05, 4.69) is 0 Å². The van der Waals surface area contributed by atoms with Gasteiger partial charge in [0.05, 0.1) is 0 Å². The fraction of sp³-hybridized carbons (Fsp3) is 0.857. The van der Waals surface area contributed by atoms with Gasteiger partial charge in [-0.2, -0.15) is 13.2 Å². The minimum Gasteiger partial charge on any atom is -0.390 e. The normalized spacial score (nSPS) is 9.50. The second-order valence-electron chi connectivity index (χ2n) is 2.39. The molecular formula is C7H14F6O2Rf. The van der Waals surface area contributed by atoms with Crippen molar-refractivity contribution >= 4 is 6.04 Å². The Morgan fingerprint density at radius 3 is 1.31 bits per heavy atom. The third kappa shape index (κ3) is 29.5. The Balaban J connectivity index is -0.0000000428. The first-order valence-corrected chi connectivity index (χ1v) is 3.07. The smallest absolute Gasteiger partial charge is 0.370 e. The number of hydrogen-bond donors (Lipinski definition) is 1. The number of aliphatic hydroxyl groups excluding tert-OH is 1. The quantitative estimate of drug-likeness (QED) is 0.458. The summed E-state index contributed by atoms with van der Waals surface area (Å²) in [5.41, 5.74) is 0. The molecule has 0 amide bonds. The van der Waals surface area contributed by atoms with Crippen molar-refractivity contribution in [2.24, 2.45) is 0 Å². The van der Waals surface area contributed by atoms with Gasteiger partial charge in [-0.05, 0) is 0 Å². The van der Waals surface area contributed by atoms with E-state index in [-0.39, 0.29) is 19.1 Å². The Bertz CT molecular complexity index is 165. The van der Waals surface area contributed by atoms with E-state index in [4.69, 9.17) is 9.90 Å². The second-order valence-corrected chi connectivity index (χ2v) is 2.39. The summed E-state index contributed by atoms with van der Waals surface area (Å²) < 4.78 is 55.5. The van der Waals surface area contributed by atoms with Crippen molar-refractivity contribution in [3.63, 3.8) is 0 Å². The largest absolute Gasteiger partial charge is 0.390 e. The maximum absolute atomic E-state index is 11.2. The van der Waals surface area contributed by atoms with Gasteiger partial charge in [-0.3, -0.25) is 9.50 Å². The van der Waals surface area contributed by atoms with Crippen LogP contribution in [0.4, 0.5) is 26.7 Å². The summed E-state index contributed by atoms with van der Waals surface area (Å²) in [6.45, 7) is -0.199. The molecule has 0 saturated carbocycles. The van der Waals surface area contributed by atoms with Crippen LogP contribution in [-0.4, -0.2) is 29.6 Å². The molecule has 98 valence electrons. The van der Waals surface area contributed by atoms with E-state index in [1.165, 1.54) is 0 Å². The molecule has 0 aromatic rings. The molecule has 0 bridgehead atoms. The number of halogens is 6. The van der Waals surface area contributed by atoms with Gasteiger partial charge in [0, 0.05) is 13.8 Å². The zero-order chi connectivity index (χ0) is 11.3. The maximum atomic E-state index is 11.2. The fourth-order valence-corrected chi connectivity index (χ4v) is 0. The minimum absolute atomic E-state index is 0. The van der Waals surface area contributed by atoms with E-state index < -0.39 is 24.5 Å². The van der Waals surface area contributed by atoms with Crippen LogP contribution >= 0.6 is 0 Å². The summed E-state index contributed by atoms with van der Waals surface area (Å²) in [6, 6.07) is -2.59. The molecular weight excluding hydrogens is 497 g/mol. The Labute approximate surface area is 83.5 Å². The molecule has 0 aliphatic carbocycles. The molecule has 1 N–H and O–H groups in total. The van der Waals surface area contributed by atoms with Crippen molar-refractivity contribution in [1.82, 2.24) is 0 Å². The van der Waals surface area contributed by atoms with E-state index in [1.807, 2.05) is 0 Å². The van der Waals surface area contributed by atoms with E-state index in [0.29, 0.717) is 6.92 Å². The summed E-state index contributed by atoms with van der Waals surface area (Å²) in [4.78, 5) is 9.05. The van der Waals surface area contributed by atoms with Crippen LogP contribution in [0, 0.1) is 0 Å². The third-order valence-electron chi connectivity index (χ3n) is 0.623. The summed E-state index contributed by atoms with van der Waals surface area (Å²) >= 11 is 0. The molecule has 9 heteroatoms. The zero-order valence-corrected chi connectivity index (χ0v) is 14.5. The molecule has 0 aromatic heterocycles. The molecule has 0 heterocycles. The Hall–Kier alpha value is -1.79. The molecule has 0 rings (SSSR count). The summed E-state index contributed by atoms with van der Waals surface area (Å²) in [5.74, 6) is -6.71. The van der Waals surface area contributed by atoms with Crippen molar-refractivity contribution in [3.8, 4) is 0 Å². The van der Waals surface area contributed by atoms with Gasteiger partial charge in [-0.1, -0.05) is 7.43 Å². The average molecular weight is 511 g/mol. The number of carbonyl (C=O) groups excluding carboxylic acids is 1. The molecule has 16 heavy (non-hydrogen) atoms. The van der Waals surface area contributed by atoms with Gasteiger partial charge >= 0.3 is 12.0 Å². The van der Waals surface area contributed by atoms with Gasteiger partial charge in [0.2, 0.25) is 0 Å². The molecule has 0 aromatic carbocycles. The topological polar surface area (TPSA) is 37.3 Å². The molecule has 0 fully saturated rings. The number of hydrogen-bond acceptors (Lipinski definition) is 2. The average Bonchev–Trinajstić information content (AvgIpc) is 1.85. The van der Waals surface area contributed by atoms with E-state index >= 15 is 0 Å². The third-order valence-corrected chi connectivity index (χ3v) is 0.623. The van der Waals surface area contributed by atoms with Gasteiger partial charge in [-0.25, -0.2) is 8.78 Å². The molecule has 0 unspecified atom stereocenters. The van der Waals surface area contributed by atoms with Crippen LogP contribution in [0.5, 0.6) is 0 Å². The van der Waals surface area contributed by atoms with E-state index in [1.54, 1.807) is 0 Å². The van der Waals surface area contributed by atoms with Crippen LogP contribution < -0.4 is 0 Å². The van der Waals surface area contributed by atoms with Crippen molar-refractivity contribution in [2.75, 3.05) is 6.61 Å². The van der Waals surface area contributed by atoms with Crippen molar-refractivity contribution < 1.29 is 36.6 Å². The molecule has 0 aliphatic heterocycles. The Morgan fingerprint density at radius 2 is 1.31 bits per heavy atom. The predicted octanol–water partition coefficient (Wildman–Crippen LogP) is 2.56. The fourth-order valence-electron chi connectivity index (χ4n) is 0. The summed E-state index contributed by atoms with van der Waals surface area (Å²) in [6.07, 6.45) is 0. The first-order chi connectivity index (χ1) is 5.50. The Kier molecular flexibility index (Phi) is 17.8. The first kappa shape index (κ1) is 29.2. The summed E-state index contributed by atoms with van der Waals surface area (Å²) in [7, 11) is 0. The van der Waals surface area contributed by atoms with Crippen molar-refractivity contribution in [1.29, 1.82) is 0 Å². The van der Waals surface area contributed by atoms with Gasteiger partial charge in [-0.15, -0.1) is 0 Å². The van der Waals surface area contributed by atoms with Gasteiger partial charge in [0.25, 0.3) is 5.92 Å². The van der Waals surface area contributed by atoms with Crippen LogP contribution in [0.25, 0.3) is 0 Å². The second kappa shape index (κ2) is 9.75. The van der Waals surface area contributed by atoms with E-state index in [0.717, 1.165) is 0 Å². The van der Waals surface area contributed by atoms with Crippen LogP contribution in [0.15, 0.2) is 0 Å². The molecule has 0 radical (unpaired) electrons. The minimum atomic E-state index is -3.81. The number of alkyl halides is 4. The van der Waals surface area contributed by atoms with Crippen LogP contribution in [0.2, 0.25) is 0 Å². The van der Waals surface area contributed by atoms with Gasteiger partial charge in [0.1, 0.15) is 6.61 Å².